The van der Waals surface area contributed by atoms with Crippen molar-refractivity contribution in [3.63, 3.8) is 0 Å². The van der Waals surface area contributed by atoms with Gasteiger partial charge in [0.15, 0.2) is 5.84 Å². The molecule has 0 spiro atoms. The molecule has 1 aromatic rings. The second kappa shape index (κ2) is 7.29. The molecule has 1 aromatic carbocycles. The number of rotatable bonds is 7. The van der Waals surface area contributed by atoms with Gasteiger partial charge in [0.2, 0.25) is 0 Å². The maximum Gasteiger partial charge on any atom is 0.299 e. The Kier molecular flexibility index (Phi) is 6.02. The lowest BCUT2D eigenvalue weighted by atomic mass is 10.1. The van der Waals surface area contributed by atoms with Crippen LogP contribution in [-0.4, -0.2) is 39.7 Å². The van der Waals surface area contributed by atoms with E-state index >= 15 is 0 Å². The smallest absolute Gasteiger partial charge is 0.299 e. The molecule has 10 heteroatoms. The van der Waals surface area contributed by atoms with Gasteiger partial charge in [-0.25, -0.2) is 0 Å². The van der Waals surface area contributed by atoms with Gasteiger partial charge in [-0.15, -0.1) is 0 Å². The standard InChI is InChI=1S/C10H15ClN4O4S/c1-19-5-4-13-20(17,18)15-9-6-7(11)2-3-8(9)10(12)14-16/h2-3,6,13,15-16H,4-5H2,1H3,(H2,12,14). The number of nitrogens with two attached hydrogens (primary N) is 1. The normalized spacial score (nSPS) is 12.4. The van der Waals surface area contributed by atoms with Crippen molar-refractivity contribution in [1.29, 1.82) is 0 Å². The van der Waals surface area contributed by atoms with E-state index in [1.807, 2.05) is 0 Å². The predicted molar refractivity (Wildman–Crippen MR) is 76.4 cm³/mol. The van der Waals surface area contributed by atoms with Crippen molar-refractivity contribution in [3.8, 4) is 0 Å². The fourth-order valence-electron chi connectivity index (χ4n) is 1.34. The molecule has 0 saturated heterocycles. The maximum absolute atomic E-state index is 11.8. The molecule has 0 fully saturated rings. The molecule has 0 aromatic heterocycles. The molecule has 5 N–H and O–H groups in total. The van der Waals surface area contributed by atoms with Gasteiger partial charge >= 0.3 is 0 Å². The highest BCUT2D eigenvalue weighted by Crippen LogP contribution is 2.21. The lowest BCUT2D eigenvalue weighted by Gasteiger charge is -2.12. The third-order valence-corrected chi connectivity index (χ3v) is 3.52. The summed E-state index contributed by atoms with van der Waals surface area (Å²) in [6.07, 6.45) is 0. The number of anilines is 1. The Labute approximate surface area is 121 Å². The SMILES string of the molecule is COCCNS(=O)(=O)Nc1cc(Cl)ccc1/C(N)=N/O. The molecule has 0 amide bonds. The first-order chi connectivity index (χ1) is 9.39. The van der Waals surface area contributed by atoms with E-state index in [0.29, 0.717) is 5.02 Å². The van der Waals surface area contributed by atoms with E-state index in [1.165, 1.54) is 25.3 Å². The van der Waals surface area contributed by atoms with Crippen molar-refractivity contribution < 1.29 is 18.4 Å². The molecule has 0 atom stereocenters. The minimum atomic E-state index is -3.82. The molecule has 0 bridgehead atoms. The first-order valence-corrected chi connectivity index (χ1v) is 7.29. The van der Waals surface area contributed by atoms with E-state index in [2.05, 4.69) is 14.6 Å². The van der Waals surface area contributed by atoms with Crippen LogP contribution in [0.4, 0.5) is 5.69 Å². The summed E-state index contributed by atoms with van der Waals surface area (Å²) < 4.78 is 32.8. The summed E-state index contributed by atoms with van der Waals surface area (Å²) in [6.45, 7) is 0.328. The largest absolute Gasteiger partial charge is 0.409 e. The van der Waals surface area contributed by atoms with Crippen LogP contribution < -0.4 is 15.2 Å². The van der Waals surface area contributed by atoms with Crippen LogP contribution in [0.3, 0.4) is 0 Å². The number of hydrogen-bond donors (Lipinski definition) is 4. The second-order valence-electron chi connectivity index (χ2n) is 3.67. The highest BCUT2D eigenvalue weighted by Gasteiger charge is 2.14. The number of benzene rings is 1. The topological polar surface area (TPSA) is 126 Å². The molecule has 0 aliphatic carbocycles. The fourth-order valence-corrected chi connectivity index (χ4v) is 2.39. The van der Waals surface area contributed by atoms with Gasteiger partial charge in [0.1, 0.15) is 0 Å². The van der Waals surface area contributed by atoms with Crippen LogP contribution in [0.25, 0.3) is 0 Å². The van der Waals surface area contributed by atoms with Crippen LogP contribution in [0.1, 0.15) is 5.56 Å². The average molecular weight is 323 g/mol. The van der Waals surface area contributed by atoms with Gasteiger partial charge in [-0.2, -0.15) is 13.1 Å². The molecule has 1 rings (SSSR count). The summed E-state index contributed by atoms with van der Waals surface area (Å²) in [6, 6.07) is 4.28. The van der Waals surface area contributed by atoms with Gasteiger partial charge in [0, 0.05) is 24.2 Å². The zero-order valence-electron chi connectivity index (χ0n) is 10.6. The van der Waals surface area contributed by atoms with Gasteiger partial charge in [-0.1, -0.05) is 16.8 Å². The average Bonchev–Trinajstić information content (AvgIpc) is 2.37. The number of hydrogen-bond acceptors (Lipinski definition) is 5. The molecule has 112 valence electrons. The predicted octanol–water partition coefficient (Wildman–Crippen LogP) is 0.327. The second-order valence-corrected chi connectivity index (χ2v) is 5.60. The molecule has 0 heterocycles. The van der Waals surface area contributed by atoms with Crippen molar-refractivity contribution in [1.82, 2.24) is 4.72 Å². The number of ether oxygens (including phenoxy) is 1. The third kappa shape index (κ3) is 4.85. The number of nitrogens with zero attached hydrogens (tertiary/aromatic N) is 1. The molecule has 0 aliphatic heterocycles. The Morgan fingerprint density at radius 1 is 1.55 bits per heavy atom. The van der Waals surface area contributed by atoms with Crippen molar-refractivity contribution in [2.45, 2.75) is 0 Å². The summed E-state index contributed by atoms with van der Waals surface area (Å²) in [5, 5.41) is 11.8. The number of halogens is 1. The van der Waals surface area contributed by atoms with Crippen molar-refractivity contribution in [2.24, 2.45) is 10.9 Å². The molecular formula is C10H15ClN4O4S. The molecular weight excluding hydrogens is 308 g/mol. The number of oxime groups is 1. The summed E-state index contributed by atoms with van der Waals surface area (Å²) >= 11 is 5.80. The minimum Gasteiger partial charge on any atom is -0.409 e. The summed E-state index contributed by atoms with van der Waals surface area (Å²) in [5.74, 6) is -0.240. The highest BCUT2D eigenvalue weighted by atomic mass is 35.5. The number of amidine groups is 1. The molecule has 0 saturated carbocycles. The van der Waals surface area contributed by atoms with Gasteiger partial charge in [0.25, 0.3) is 10.2 Å². The molecule has 0 radical (unpaired) electrons. The van der Waals surface area contributed by atoms with Gasteiger partial charge in [0.05, 0.1) is 12.3 Å². The van der Waals surface area contributed by atoms with E-state index in [4.69, 9.17) is 27.3 Å². The Balaban J connectivity index is 2.99. The van der Waals surface area contributed by atoms with Crippen molar-refractivity contribution in [2.75, 3.05) is 25.0 Å². The van der Waals surface area contributed by atoms with Crippen LogP contribution in [0.2, 0.25) is 5.02 Å². The lowest BCUT2D eigenvalue weighted by molar-refractivity contribution is 0.204. The van der Waals surface area contributed by atoms with Crippen molar-refractivity contribution >= 4 is 33.3 Å². The van der Waals surface area contributed by atoms with Crippen LogP contribution in [-0.2, 0) is 14.9 Å². The highest BCUT2D eigenvalue weighted by molar-refractivity contribution is 7.90. The quantitative estimate of drug-likeness (QED) is 0.189. The van der Waals surface area contributed by atoms with E-state index in [0.717, 1.165) is 0 Å². The van der Waals surface area contributed by atoms with Gasteiger partial charge in [-0.3, -0.25) is 4.72 Å². The molecule has 0 unspecified atom stereocenters. The first kappa shape index (κ1) is 16.5. The van der Waals surface area contributed by atoms with E-state index in [-0.39, 0.29) is 30.2 Å². The monoisotopic (exact) mass is 322 g/mol. The lowest BCUT2D eigenvalue weighted by Crippen LogP contribution is -2.33. The Morgan fingerprint density at radius 3 is 2.85 bits per heavy atom. The first-order valence-electron chi connectivity index (χ1n) is 5.43. The zero-order valence-corrected chi connectivity index (χ0v) is 12.2. The van der Waals surface area contributed by atoms with Gasteiger partial charge in [-0.05, 0) is 18.2 Å². The summed E-state index contributed by atoms with van der Waals surface area (Å²) in [7, 11) is -2.37. The van der Waals surface area contributed by atoms with Crippen LogP contribution >= 0.6 is 11.6 Å². The molecule has 20 heavy (non-hydrogen) atoms. The minimum absolute atomic E-state index is 0.0951. The summed E-state index contributed by atoms with van der Waals surface area (Å²) in [4.78, 5) is 0. The Bertz CT molecular complexity index is 591. The van der Waals surface area contributed by atoms with Crippen LogP contribution in [0, 0.1) is 0 Å². The van der Waals surface area contributed by atoms with Gasteiger partial charge < -0.3 is 15.7 Å². The van der Waals surface area contributed by atoms with E-state index in [1.54, 1.807) is 0 Å². The Morgan fingerprint density at radius 2 is 2.25 bits per heavy atom. The fraction of sp³-hybridized carbons (Fsp3) is 0.300. The van der Waals surface area contributed by atoms with E-state index < -0.39 is 10.2 Å². The number of nitrogens with one attached hydrogen (secondary N) is 2. The third-order valence-electron chi connectivity index (χ3n) is 2.21. The van der Waals surface area contributed by atoms with Crippen molar-refractivity contribution in [3.05, 3.63) is 28.8 Å². The zero-order chi connectivity index (χ0) is 15.2. The van der Waals surface area contributed by atoms with Crippen LogP contribution in [0.15, 0.2) is 23.4 Å². The molecule has 0 aliphatic rings. The number of methoxy groups -OCH3 is 1. The molecule has 8 nitrogen and oxygen atoms in total. The maximum atomic E-state index is 11.8. The van der Waals surface area contributed by atoms with Crippen LogP contribution in [0.5, 0.6) is 0 Å². The Hall–Kier alpha value is -1.55. The van der Waals surface area contributed by atoms with E-state index in [9.17, 15) is 8.42 Å². The summed E-state index contributed by atoms with van der Waals surface area (Å²) in [5.41, 5.74) is 5.77.